The van der Waals surface area contributed by atoms with Crippen LogP contribution in [0.5, 0.6) is 0 Å². The summed E-state index contributed by atoms with van der Waals surface area (Å²) in [5, 5.41) is 13.5. The summed E-state index contributed by atoms with van der Waals surface area (Å²) in [4.78, 5) is 10.7. The first-order valence-corrected chi connectivity index (χ1v) is 2.97. The van der Waals surface area contributed by atoms with Crippen LogP contribution in [0.3, 0.4) is 0 Å². The van der Waals surface area contributed by atoms with E-state index in [4.69, 9.17) is 0 Å². The molecular weight excluding hydrogens is 153 g/mol. The van der Waals surface area contributed by atoms with Crippen LogP contribution in [0.2, 0.25) is 0 Å². The van der Waals surface area contributed by atoms with E-state index in [1.165, 1.54) is 6.92 Å². The van der Waals surface area contributed by atoms with Gasteiger partial charge in [0.2, 0.25) is 0 Å². The van der Waals surface area contributed by atoms with Gasteiger partial charge in [0, 0.05) is 17.8 Å². The van der Waals surface area contributed by atoms with Crippen molar-refractivity contribution in [3.8, 4) is 0 Å². The second-order valence-electron chi connectivity index (χ2n) is 2.19. The molecule has 0 atom stereocenters. The Hall–Kier alpha value is -0.250. The molecule has 1 rings (SSSR count). The maximum absolute atomic E-state index is 10.8. The van der Waals surface area contributed by atoms with Gasteiger partial charge in [0.15, 0.2) is 5.78 Å². The number of allylic oxidation sites excluding steroid dienone is 1. The van der Waals surface area contributed by atoms with Gasteiger partial charge < -0.3 is 10.4 Å². The van der Waals surface area contributed by atoms with E-state index in [1.807, 2.05) is 0 Å². The molecule has 1 heterocycles. The van der Waals surface area contributed by atoms with Gasteiger partial charge in [-0.1, -0.05) is 6.58 Å². The van der Waals surface area contributed by atoms with Crippen LogP contribution in [-0.4, -0.2) is 12.3 Å². The summed E-state index contributed by atoms with van der Waals surface area (Å²) in [6.07, 6.45) is 0. The fourth-order valence-electron chi connectivity index (χ4n) is 0.941. The fraction of sp³-hybridized carbons (Fsp3) is 0.286. The van der Waals surface area contributed by atoms with Crippen LogP contribution in [0.25, 0.3) is 0 Å². The van der Waals surface area contributed by atoms with Crippen molar-refractivity contribution in [2.75, 3.05) is 6.54 Å². The Morgan fingerprint density at radius 2 is 2.27 bits per heavy atom. The van der Waals surface area contributed by atoms with Gasteiger partial charge in [0.1, 0.15) is 0 Å². The van der Waals surface area contributed by atoms with Gasteiger partial charge in [-0.25, -0.2) is 0 Å². The number of carbonyl (C=O) groups is 1. The van der Waals surface area contributed by atoms with Crippen molar-refractivity contribution in [1.82, 2.24) is 5.32 Å². The largest absolute Gasteiger partial charge is 1.00 e. The Labute approximate surface area is 87.5 Å². The molecule has 0 aromatic rings. The molecule has 0 unspecified atom stereocenters. The molecule has 0 fully saturated rings. The van der Waals surface area contributed by atoms with Crippen LogP contribution in [0.4, 0.5) is 0 Å². The van der Waals surface area contributed by atoms with Gasteiger partial charge >= 0.3 is 29.6 Å². The van der Waals surface area contributed by atoms with Crippen molar-refractivity contribution in [2.24, 2.45) is 0 Å². The average molecular weight is 161 g/mol. The Morgan fingerprint density at radius 3 is 2.45 bits per heavy atom. The molecule has 0 aromatic carbocycles. The van der Waals surface area contributed by atoms with E-state index in [-0.39, 0.29) is 53.2 Å². The summed E-state index contributed by atoms with van der Waals surface area (Å²) in [5.41, 5.74) is 0.678. The predicted octanol–water partition coefficient (Wildman–Crippen LogP) is -3.69. The molecular formula is C7H8NNaO2. The van der Waals surface area contributed by atoms with E-state index in [0.717, 1.165) is 0 Å². The Morgan fingerprint density at radius 1 is 1.73 bits per heavy atom. The first-order chi connectivity index (χ1) is 4.63. The topological polar surface area (TPSA) is 52.2 Å². The third kappa shape index (κ3) is 2.09. The van der Waals surface area contributed by atoms with Gasteiger partial charge in [0.05, 0.1) is 0 Å². The minimum atomic E-state index is -0.208. The van der Waals surface area contributed by atoms with Gasteiger partial charge in [-0.15, -0.1) is 5.76 Å². The van der Waals surface area contributed by atoms with Crippen LogP contribution in [0.1, 0.15) is 6.92 Å². The Kier molecular flexibility index (Phi) is 3.86. The van der Waals surface area contributed by atoms with Crippen LogP contribution in [0.15, 0.2) is 23.6 Å². The quantitative estimate of drug-likeness (QED) is 0.403. The van der Waals surface area contributed by atoms with E-state index in [9.17, 15) is 9.90 Å². The molecule has 0 saturated carbocycles. The van der Waals surface area contributed by atoms with Gasteiger partial charge in [-0.3, -0.25) is 4.79 Å². The van der Waals surface area contributed by atoms with Crippen molar-refractivity contribution < 1.29 is 39.5 Å². The normalized spacial score (nSPS) is 15.9. The number of hydrogen-bond donors (Lipinski definition) is 1. The van der Waals surface area contributed by atoms with Crippen LogP contribution in [0, 0.1) is 0 Å². The van der Waals surface area contributed by atoms with Gasteiger partial charge in [-0.2, -0.15) is 0 Å². The third-order valence-corrected chi connectivity index (χ3v) is 1.40. The molecule has 0 spiro atoms. The molecule has 3 nitrogen and oxygen atoms in total. The third-order valence-electron chi connectivity index (χ3n) is 1.40. The zero-order chi connectivity index (χ0) is 7.72. The zero-order valence-electron chi connectivity index (χ0n) is 6.73. The summed E-state index contributed by atoms with van der Waals surface area (Å²) in [6, 6.07) is 0. The second-order valence-corrected chi connectivity index (χ2v) is 2.19. The van der Waals surface area contributed by atoms with E-state index in [0.29, 0.717) is 5.70 Å². The Bertz CT molecular complexity index is 233. The summed E-state index contributed by atoms with van der Waals surface area (Å²) in [7, 11) is 0. The maximum Gasteiger partial charge on any atom is 1.00 e. The molecule has 0 radical (unpaired) electrons. The summed E-state index contributed by atoms with van der Waals surface area (Å²) in [6.45, 7) is 5.10. The molecule has 0 saturated heterocycles. The Balaban J connectivity index is 0.000001000. The van der Waals surface area contributed by atoms with E-state index in [2.05, 4.69) is 11.9 Å². The molecule has 1 aliphatic rings. The predicted molar refractivity (Wildman–Crippen MR) is 34.8 cm³/mol. The van der Waals surface area contributed by atoms with Crippen LogP contribution in [-0.2, 0) is 4.79 Å². The molecule has 54 valence electrons. The van der Waals surface area contributed by atoms with E-state index in [1.54, 1.807) is 0 Å². The van der Waals surface area contributed by atoms with E-state index >= 15 is 0 Å². The summed E-state index contributed by atoms with van der Waals surface area (Å²) >= 11 is 0. The fourth-order valence-corrected chi connectivity index (χ4v) is 0.941. The maximum atomic E-state index is 10.8. The standard InChI is InChI=1S/C7H9NO2.Na/c1-4-7(5(2)9)6(10)3-8-4;/h8,10H,1,3H2,2H3;/q;+1/p-1. The van der Waals surface area contributed by atoms with Crippen molar-refractivity contribution in [1.29, 1.82) is 0 Å². The average Bonchev–Trinajstić information content (AvgIpc) is 2.11. The number of rotatable bonds is 1. The minimum Gasteiger partial charge on any atom is -0.874 e. The number of nitrogens with one attached hydrogen (secondary N) is 1. The number of carbonyl (C=O) groups excluding carboxylic acids is 1. The van der Waals surface area contributed by atoms with Gasteiger partial charge in [0.25, 0.3) is 0 Å². The summed E-state index contributed by atoms with van der Waals surface area (Å²) < 4.78 is 0. The molecule has 1 N–H and O–H groups in total. The van der Waals surface area contributed by atoms with Crippen LogP contribution < -0.4 is 40.0 Å². The summed E-state index contributed by atoms with van der Waals surface area (Å²) in [5.74, 6) is -0.363. The first-order valence-electron chi connectivity index (χ1n) is 2.97. The molecule has 0 bridgehead atoms. The molecule has 4 heteroatoms. The number of ketones is 1. The van der Waals surface area contributed by atoms with E-state index < -0.39 is 0 Å². The molecule has 0 amide bonds. The van der Waals surface area contributed by atoms with Crippen molar-refractivity contribution in [3.05, 3.63) is 23.6 Å². The second kappa shape index (κ2) is 3.95. The molecule has 1 aliphatic heterocycles. The molecule has 0 aliphatic carbocycles. The SMILES string of the molecule is C=C1NCC([O-])=C1C(C)=O.[Na+]. The monoisotopic (exact) mass is 161 g/mol. The number of hydrogen-bond acceptors (Lipinski definition) is 3. The first kappa shape index (κ1) is 10.8. The minimum absolute atomic E-state index is 0. The smallest absolute Gasteiger partial charge is 0.874 e. The zero-order valence-corrected chi connectivity index (χ0v) is 8.73. The molecule has 11 heavy (non-hydrogen) atoms. The van der Waals surface area contributed by atoms with Crippen molar-refractivity contribution >= 4 is 5.78 Å². The number of Topliss-reactive ketones (excluding diaryl/α,β-unsaturated/α-hetero) is 1. The van der Waals surface area contributed by atoms with Crippen LogP contribution >= 0.6 is 0 Å². The van der Waals surface area contributed by atoms with Crippen molar-refractivity contribution in [3.63, 3.8) is 0 Å². The van der Waals surface area contributed by atoms with Gasteiger partial charge in [-0.05, 0) is 6.92 Å². The van der Waals surface area contributed by atoms with Crippen molar-refractivity contribution in [2.45, 2.75) is 6.92 Å². The molecule has 0 aromatic heterocycles.